The third kappa shape index (κ3) is 2.21. The van der Waals surface area contributed by atoms with Crippen molar-refractivity contribution in [2.75, 3.05) is 13.1 Å². The zero-order valence-electron chi connectivity index (χ0n) is 13.0. The van der Waals surface area contributed by atoms with Crippen molar-refractivity contribution in [1.29, 1.82) is 0 Å². The van der Waals surface area contributed by atoms with Crippen LogP contribution in [0.5, 0.6) is 0 Å². The standard InChI is InChI=1S/C15H20N4O3/c1-8-10(11-12(20)17-7-18-13(11)22-8)14(21)19-5-4-9(16)15(2,3)6-19/h7,9H,4-6,16H2,1-3H3,(H,17,18,20). The fourth-order valence-corrected chi connectivity index (χ4v) is 3.02. The van der Waals surface area contributed by atoms with Crippen LogP contribution in [0, 0.1) is 12.3 Å². The van der Waals surface area contributed by atoms with Crippen molar-refractivity contribution in [3.8, 4) is 0 Å². The fourth-order valence-electron chi connectivity index (χ4n) is 3.02. The first-order valence-electron chi connectivity index (χ1n) is 7.33. The SMILES string of the molecule is Cc1oc2nc[nH]c(=O)c2c1C(=O)N1CCC(N)C(C)(C)C1. The number of aromatic nitrogens is 2. The van der Waals surface area contributed by atoms with Crippen LogP contribution >= 0.6 is 0 Å². The van der Waals surface area contributed by atoms with Gasteiger partial charge < -0.3 is 20.0 Å². The van der Waals surface area contributed by atoms with Gasteiger partial charge in [-0.1, -0.05) is 13.8 Å². The molecule has 2 aromatic rings. The van der Waals surface area contributed by atoms with Crippen LogP contribution < -0.4 is 11.3 Å². The van der Waals surface area contributed by atoms with E-state index >= 15 is 0 Å². The van der Waals surface area contributed by atoms with Crippen LogP contribution in [-0.4, -0.2) is 39.9 Å². The number of hydrogen-bond donors (Lipinski definition) is 2. The second-order valence-electron chi connectivity index (χ2n) is 6.56. The molecule has 1 saturated heterocycles. The molecule has 0 bridgehead atoms. The van der Waals surface area contributed by atoms with Crippen LogP contribution in [0.4, 0.5) is 0 Å². The van der Waals surface area contributed by atoms with E-state index in [0.717, 1.165) is 6.42 Å². The maximum Gasteiger partial charge on any atom is 0.262 e. The average Bonchev–Trinajstić information content (AvgIpc) is 2.78. The van der Waals surface area contributed by atoms with E-state index in [1.54, 1.807) is 11.8 Å². The number of H-pyrrole nitrogens is 1. The number of rotatable bonds is 1. The minimum Gasteiger partial charge on any atom is -0.442 e. The van der Waals surface area contributed by atoms with E-state index in [-0.39, 0.29) is 34.0 Å². The number of aryl methyl sites for hydroxylation is 1. The Bertz CT molecular complexity index is 790. The summed E-state index contributed by atoms with van der Waals surface area (Å²) < 4.78 is 5.46. The minimum atomic E-state index is -0.363. The van der Waals surface area contributed by atoms with Crippen LogP contribution in [0.25, 0.3) is 11.1 Å². The number of aromatic amines is 1. The number of nitrogens with one attached hydrogen (secondary N) is 1. The van der Waals surface area contributed by atoms with E-state index in [4.69, 9.17) is 10.2 Å². The van der Waals surface area contributed by atoms with Crippen LogP contribution in [0.15, 0.2) is 15.5 Å². The highest BCUT2D eigenvalue weighted by Gasteiger charge is 2.37. The summed E-state index contributed by atoms with van der Waals surface area (Å²) in [6.07, 6.45) is 2.01. The summed E-state index contributed by atoms with van der Waals surface area (Å²) in [5, 5.41) is 0.220. The molecular formula is C15H20N4O3. The van der Waals surface area contributed by atoms with Crippen molar-refractivity contribution in [2.45, 2.75) is 33.2 Å². The minimum absolute atomic E-state index is 0.0591. The predicted molar refractivity (Wildman–Crippen MR) is 81.6 cm³/mol. The molecule has 0 saturated carbocycles. The predicted octanol–water partition coefficient (Wildman–Crippen LogP) is 1.02. The molecule has 1 atom stereocenters. The zero-order chi connectivity index (χ0) is 16.1. The summed E-state index contributed by atoms with van der Waals surface area (Å²) >= 11 is 0. The number of amides is 1. The summed E-state index contributed by atoms with van der Waals surface area (Å²) in [5.41, 5.74) is 6.09. The van der Waals surface area contributed by atoms with Crippen LogP contribution in [0.3, 0.4) is 0 Å². The van der Waals surface area contributed by atoms with Gasteiger partial charge in [-0.25, -0.2) is 4.98 Å². The second-order valence-corrected chi connectivity index (χ2v) is 6.56. The van der Waals surface area contributed by atoms with Gasteiger partial charge in [0.05, 0.1) is 11.9 Å². The van der Waals surface area contributed by atoms with E-state index in [1.807, 2.05) is 13.8 Å². The lowest BCUT2D eigenvalue weighted by Crippen LogP contribution is -2.54. The van der Waals surface area contributed by atoms with E-state index < -0.39 is 0 Å². The molecule has 22 heavy (non-hydrogen) atoms. The van der Waals surface area contributed by atoms with Gasteiger partial charge in [0.1, 0.15) is 11.1 Å². The van der Waals surface area contributed by atoms with Crippen molar-refractivity contribution < 1.29 is 9.21 Å². The lowest BCUT2D eigenvalue weighted by Gasteiger charge is -2.42. The molecule has 1 unspecified atom stereocenters. The molecule has 1 amide bonds. The van der Waals surface area contributed by atoms with Crippen LogP contribution in [0.1, 0.15) is 36.4 Å². The van der Waals surface area contributed by atoms with Gasteiger partial charge in [0.25, 0.3) is 11.5 Å². The molecule has 7 heteroatoms. The normalized spacial score (nSPS) is 21.3. The number of likely N-dealkylation sites (tertiary alicyclic amines) is 1. The Kier molecular flexibility index (Phi) is 3.32. The first kappa shape index (κ1) is 14.8. The van der Waals surface area contributed by atoms with Gasteiger partial charge in [-0.05, 0) is 18.8 Å². The van der Waals surface area contributed by atoms with Gasteiger partial charge in [-0.2, -0.15) is 0 Å². The topological polar surface area (TPSA) is 105 Å². The van der Waals surface area contributed by atoms with E-state index in [0.29, 0.717) is 24.4 Å². The quantitative estimate of drug-likeness (QED) is 0.818. The largest absolute Gasteiger partial charge is 0.442 e. The summed E-state index contributed by atoms with van der Waals surface area (Å²) in [7, 11) is 0. The smallest absolute Gasteiger partial charge is 0.262 e. The summed E-state index contributed by atoms with van der Waals surface area (Å²) in [4.78, 5) is 33.1. The molecule has 1 fully saturated rings. The third-order valence-corrected chi connectivity index (χ3v) is 4.48. The Hall–Kier alpha value is -2.15. The van der Waals surface area contributed by atoms with Gasteiger partial charge in [0, 0.05) is 19.1 Å². The average molecular weight is 304 g/mol. The molecule has 0 spiro atoms. The van der Waals surface area contributed by atoms with Crippen molar-refractivity contribution in [3.63, 3.8) is 0 Å². The van der Waals surface area contributed by atoms with Gasteiger partial charge in [0.2, 0.25) is 5.71 Å². The number of nitrogens with zero attached hydrogens (tertiary/aromatic N) is 2. The van der Waals surface area contributed by atoms with E-state index in [1.165, 1.54) is 6.33 Å². The van der Waals surface area contributed by atoms with Gasteiger partial charge in [-0.15, -0.1) is 0 Å². The number of piperidine rings is 1. The highest BCUT2D eigenvalue weighted by Crippen LogP contribution is 2.30. The summed E-state index contributed by atoms with van der Waals surface area (Å²) in [5.74, 6) is 0.214. The first-order valence-corrected chi connectivity index (χ1v) is 7.33. The zero-order valence-corrected chi connectivity index (χ0v) is 13.0. The molecule has 1 aliphatic heterocycles. The fraction of sp³-hybridized carbons (Fsp3) is 0.533. The second kappa shape index (κ2) is 4.95. The lowest BCUT2D eigenvalue weighted by atomic mass is 9.79. The number of nitrogens with two attached hydrogens (primary N) is 1. The first-order chi connectivity index (χ1) is 10.3. The van der Waals surface area contributed by atoms with Crippen LogP contribution in [-0.2, 0) is 0 Å². The number of hydrogen-bond acceptors (Lipinski definition) is 5. The number of furan rings is 1. The number of carbonyl (C=O) groups excluding carboxylic acids is 1. The van der Waals surface area contributed by atoms with Crippen molar-refractivity contribution in [3.05, 3.63) is 28.0 Å². The van der Waals surface area contributed by atoms with E-state index in [2.05, 4.69) is 9.97 Å². The lowest BCUT2D eigenvalue weighted by molar-refractivity contribution is 0.0533. The Morgan fingerprint density at radius 3 is 2.95 bits per heavy atom. The molecule has 3 rings (SSSR count). The van der Waals surface area contributed by atoms with Crippen molar-refractivity contribution in [1.82, 2.24) is 14.9 Å². The molecule has 0 aromatic carbocycles. The molecule has 7 nitrogen and oxygen atoms in total. The monoisotopic (exact) mass is 304 g/mol. The maximum atomic E-state index is 12.9. The van der Waals surface area contributed by atoms with E-state index in [9.17, 15) is 9.59 Å². The summed E-state index contributed by atoms with van der Waals surface area (Å²) in [6, 6.07) is 0.0591. The highest BCUT2D eigenvalue weighted by molar-refractivity contribution is 6.06. The maximum absolute atomic E-state index is 12.9. The molecule has 3 heterocycles. The molecular weight excluding hydrogens is 284 g/mol. The number of carbonyl (C=O) groups is 1. The molecule has 3 N–H and O–H groups in total. The van der Waals surface area contributed by atoms with Crippen LogP contribution in [0.2, 0.25) is 0 Å². The molecule has 0 aliphatic carbocycles. The Morgan fingerprint density at radius 2 is 2.27 bits per heavy atom. The Morgan fingerprint density at radius 1 is 1.55 bits per heavy atom. The van der Waals surface area contributed by atoms with Crippen molar-refractivity contribution >= 4 is 17.0 Å². The molecule has 1 aliphatic rings. The number of fused-ring (bicyclic) bond motifs is 1. The van der Waals surface area contributed by atoms with Crippen molar-refractivity contribution in [2.24, 2.45) is 11.1 Å². The Balaban J connectivity index is 2.03. The summed E-state index contributed by atoms with van der Waals surface area (Å²) in [6.45, 7) is 6.90. The van der Waals surface area contributed by atoms with Gasteiger partial charge >= 0.3 is 0 Å². The van der Waals surface area contributed by atoms with Gasteiger partial charge in [-0.3, -0.25) is 9.59 Å². The highest BCUT2D eigenvalue weighted by atomic mass is 16.3. The molecule has 0 radical (unpaired) electrons. The Labute approximate surface area is 127 Å². The van der Waals surface area contributed by atoms with Gasteiger partial charge in [0.15, 0.2) is 0 Å². The molecule has 2 aromatic heterocycles. The third-order valence-electron chi connectivity index (χ3n) is 4.48. The molecule has 118 valence electrons.